The van der Waals surface area contributed by atoms with E-state index in [0.717, 1.165) is 11.4 Å². The SMILES string of the molecule is CC(C)c1ccc(-n2nc(C(C)C)cc2C(=O)O)cc1. The van der Waals surface area contributed by atoms with Gasteiger partial charge in [-0.05, 0) is 35.6 Å². The van der Waals surface area contributed by atoms with Gasteiger partial charge < -0.3 is 5.11 Å². The third-order valence-corrected chi connectivity index (χ3v) is 3.34. The van der Waals surface area contributed by atoms with Crippen LogP contribution >= 0.6 is 0 Å². The normalized spacial score (nSPS) is 11.3. The molecule has 1 N–H and O–H groups in total. The van der Waals surface area contributed by atoms with Crippen molar-refractivity contribution in [1.82, 2.24) is 9.78 Å². The third kappa shape index (κ3) is 2.74. The molecular weight excluding hydrogens is 252 g/mol. The molecule has 1 heterocycles. The molecule has 0 bridgehead atoms. The summed E-state index contributed by atoms with van der Waals surface area (Å²) in [5.74, 6) is -0.312. The molecule has 0 fully saturated rings. The van der Waals surface area contributed by atoms with Crippen molar-refractivity contribution in [3.8, 4) is 5.69 Å². The molecule has 20 heavy (non-hydrogen) atoms. The summed E-state index contributed by atoms with van der Waals surface area (Å²) in [6, 6.07) is 9.51. The first-order valence-electron chi connectivity index (χ1n) is 6.83. The standard InChI is InChI=1S/C16H20N2O2/c1-10(2)12-5-7-13(8-6-12)18-15(16(19)20)9-14(17-18)11(3)4/h5-11H,1-4H3,(H,19,20). The molecule has 0 spiro atoms. The number of hydrogen-bond acceptors (Lipinski definition) is 2. The molecule has 0 aliphatic heterocycles. The van der Waals surface area contributed by atoms with Crippen LogP contribution in [0.5, 0.6) is 0 Å². The van der Waals surface area contributed by atoms with Gasteiger partial charge >= 0.3 is 5.97 Å². The second-order valence-corrected chi connectivity index (χ2v) is 5.57. The quantitative estimate of drug-likeness (QED) is 0.920. The van der Waals surface area contributed by atoms with Crippen molar-refractivity contribution in [3.63, 3.8) is 0 Å². The predicted molar refractivity (Wildman–Crippen MR) is 78.7 cm³/mol. The summed E-state index contributed by atoms with van der Waals surface area (Å²) in [5.41, 5.74) is 2.99. The van der Waals surface area contributed by atoms with Gasteiger partial charge in [-0.2, -0.15) is 5.10 Å². The molecule has 0 unspecified atom stereocenters. The van der Waals surface area contributed by atoms with Crippen LogP contribution in [0.25, 0.3) is 5.69 Å². The number of rotatable bonds is 4. The van der Waals surface area contributed by atoms with Crippen molar-refractivity contribution >= 4 is 5.97 Å². The molecule has 0 saturated heterocycles. The smallest absolute Gasteiger partial charge is 0.354 e. The summed E-state index contributed by atoms with van der Waals surface area (Å²) >= 11 is 0. The molecule has 2 rings (SSSR count). The second-order valence-electron chi connectivity index (χ2n) is 5.57. The largest absolute Gasteiger partial charge is 0.477 e. The Kier molecular flexibility index (Phi) is 3.93. The number of carboxylic acids is 1. The van der Waals surface area contributed by atoms with Crippen LogP contribution in [0.4, 0.5) is 0 Å². The fourth-order valence-electron chi connectivity index (χ4n) is 2.03. The van der Waals surface area contributed by atoms with Gasteiger partial charge in [0.2, 0.25) is 0 Å². The van der Waals surface area contributed by atoms with E-state index in [4.69, 9.17) is 0 Å². The highest BCUT2D eigenvalue weighted by molar-refractivity contribution is 5.86. The van der Waals surface area contributed by atoms with E-state index in [9.17, 15) is 9.90 Å². The molecular formula is C16H20N2O2. The van der Waals surface area contributed by atoms with Crippen LogP contribution in [-0.4, -0.2) is 20.9 Å². The maximum absolute atomic E-state index is 11.3. The Labute approximate surface area is 119 Å². The average molecular weight is 272 g/mol. The molecule has 0 amide bonds. The molecule has 2 aromatic rings. The maximum Gasteiger partial charge on any atom is 0.354 e. The summed E-state index contributed by atoms with van der Waals surface area (Å²) in [5, 5.41) is 13.7. The van der Waals surface area contributed by atoms with Crippen LogP contribution in [-0.2, 0) is 0 Å². The molecule has 0 aliphatic carbocycles. The third-order valence-electron chi connectivity index (χ3n) is 3.34. The van der Waals surface area contributed by atoms with Crippen LogP contribution in [0.2, 0.25) is 0 Å². The van der Waals surface area contributed by atoms with Gasteiger partial charge in [-0.1, -0.05) is 39.8 Å². The monoisotopic (exact) mass is 272 g/mol. The summed E-state index contributed by atoms with van der Waals surface area (Å²) in [6.45, 7) is 8.26. The zero-order chi connectivity index (χ0) is 14.9. The Bertz CT molecular complexity index is 610. The number of carboxylic acid groups (broad SMARTS) is 1. The number of carbonyl (C=O) groups is 1. The van der Waals surface area contributed by atoms with E-state index < -0.39 is 5.97 Å². The van der Waals surface area contributed by atoms with E-state index in [1.54, 1.807) is 6.07 Å². The van der Waals surface area contributed by atoms with Gasteiger partial charge in [-0.15, -0.1) is 0 Å². The minimum absolute atomic E-state index is 0.198. The Morgan fingerprint density at radius 3 is 2.15 bits per heavy atom. The van der Waals surface area contributed by atoms with Gasteiger partial charge in [0.1, 0.15) is 0 Å². The zero-order valence-corrected chi connectivity index (χ0v) is 12.3. The first-order chi connectivity index (χ1) is 9.40. The van der Waals surface area contributed by atoms with Crippen molar-refractivity contribution in [2.45, 2.75) is 39.5 Å². The lowest BCUT2D eigenvalue weighted by Gasteiger charge is -2.08. The minimum atomic E-state index is -0.961. The summed E-state index contributed by atoms with van der Waals surface area (Å²) in [6.07, 6.45) is 0. The highest BCUT2D eigenvalue weighted by Gasteiger charge is 2.17. The van der Waals surface area contributed by atoms with Crippen molar-refractivity contribution in [2.75, 3.05) is 0 Å². The van der Waals surface area contributed by atoms with Crippen LogP contribution in [0.1, 0.15) is 61.3 Å². The van der Waals surface area contributed by atoms with E-state index >= 15 is 0 Å². The number of benzene rings is 1. The molecule has 0 saturated carbocycles. The minimum Gasteiger partial charge on any atom is -0.477 e. The zero-order valence-electron chi connectivity index (χ0n) is 12.3. The van der Waals surface area contributed by atoms with Crippen molar-refractivity contribution in [1.29, 1.82) is 0 Å². The molecule has 1 aromatic carbocycles. The van der Waals surface area contributed by atoms with Gasteiger partial charge in [-0.3, -0.25) is 0 Å². The molecule has 106 valence electrons. The number of nitrogens with zero attached hydrogens (tertiary/aromatic N) is 2. The van der Waals surface area contributed by atoms with E-state index in [0.29, 0.717) is 5.92 Å². The Balaban J connectivity index is 2.48. The molecule has 4 nitrogen and oxygen atoms in total. The molecule has 0 aliphatic rings. The van der Waals surface area contributed by atoms with Crippen LogP contribution in [0.15, 0.2) is 30.3 Å². The summed E-state index contributed by atoms with van der Waals surface area (Å²) < 4.78 is 1.50. The first-order valence-corrected chi connectivity index (χ1v) is 6.83. The topological polar surface area (TPSA) is 55.1 Å². The second kappa shape index (κ2) is 5.49. The van der Waals surface area contributed by atoms with Crippen molar-refractivity contribution in [2.24, 2.45) is 0 Å². The number of aromatic nitrogens is 2. The van der Waals surface area contributed by atoms with E-state index in [-0.39, 0.29) is 11.6 Å². The molecule has 1 aromatic heterocycles. The van der Waals surface area contributed by atoms with Gasteiger partial charge in [0.05, 0.1) is 11.4 Å². The van der Waals surface area contributed by atoms with Crippen molar-refractivity contribution in [3.05, 3.63) is 47.3 Å². The summed E-state index contributed by atoms with van der Waals surface area (Å²) in [7, 11) is 0. The highest BCUT2D eigenvalue weighted by Crippen LogP contribution is 2.21. The van der Waals surface area contributed by atoms with Crippen LogP contribution in [0.3, 0.4) is 0 Å². The Hall–Kier alpha value is -2.10. The lowest BCUT2D eigenvalue weighted by Crippen LogP contribution is -2.08. The predicted octanol–water partition coefficient (Wildman–Crippen LogP) is 3.82. The maximum atomic E-state index is 11.3. The Morgan fingerprint density at radius 1 is 1.10 bits per heavy atom. The van der Waals surface area contributed by atoms with Gasteiger partial charge in [0, 0.05) is 0 Å². The average Bonchev–Trinajstić information content (AvgIpc) is 2.84. The molecule has 4 heteroatoms. The lowest BCUT2D eigenvalue weighted by molar-refractivity contribution is 0.0687. The lowest BCUT2D eigenvalue weighted by atomic mass is 10.0. The summed E-state index contributed by atoms with van der Waals surface area (Å²) in [4.78, 5) is 11.3. The van der Waals surface area contributed by atoms with Gasteiger partial charge in [0.15, 0.2) is 5.69 Å². The highest BCUT2D eigenvalue weighted by atomic mass is 16.4. The van der Waals surface area contributed by atoms with Gasteiger partial charge in [-0.25, -0.2) is 9.48 Å². The van der Waals surface area contributed by atoms with Crippen LogP contribution in [0, 0.1) is 0 Å². The van der Waals surface area contributed by atoms with E-state index in [1.807, 2.05) is 38.1 Å². The molecule has 0 radical (unpaired) electrons. The van der Waals surface area contributed by atoms with E-state index in [1.165, 1.54) is 10.2 Å². The fourth-order valence-corrected chi connectivity index (χ4v) is 2.03. The van der Waals surface area contributed by atoms with E-state index in [2.05, 4.69) is 18.9 Å². The number of aromatic carboxylic acids is 1. The Morgan fingerprint density at radius 2 is 1.70 bits per heavy atom. The van der Waals surface area contributed by atoms with Gasteiger partial charge in [0.25, 0.3) is 0 Å². The number of hydrogen-bond donors (Lipinski definition) is 1. The van der Waals surface area contributed by atoms with Crippen molar-refractivity contribution < 1.29 is 9.90 Å². The van der Waals surface area contributed by atoms with Crippen LogP contribution < -0.4 is 0 Å². The first kappa shape index (κ1) is 14.3. The fraction of sp³-hybridized carbons (Fsp3) is 0.375. The molecule has 0 atom stereocenters.